The number of carbonyl (C=O) groups excluding carboxylic acids is 3. The minimum atomic E-state index is -0.621. The summed E-state index contributed by atoms with van der Waals surface area (Å²) in [6, 6.07) is 5.18. The molecule has 0 aliphatic carbocycles. The van der Waals surface area contributed by atoms with Crippen molar-refractivity contribution in [3.8, 4) is 18.1 Å². The number of hydrogen-bond donors (Lipinski definition) is 0. The van der Waals surface area contributed by atoms with Crippen molar-refractivity contribution in [2.24, 2.45) is 0 Å². The molecule has 1 aromatic rings. The lowest BCUT2D eigenvalue weighted by Crippen LogP contribution is -2.34. The van der Waals surface area contributed by atoms with E-state index in [1.54, 1.807) is 31.2 Å². The fraction of sp³-hybridized carbons (Fsp3) is 0.235. The minimum Gasteiger partial charge on any atom is -0.480 e. The van der Waals surface area contributed by atoms with E-state index >= 15 is 0 Å². The first-order valence-electron chi connectivity index (χ1n) is 7.23. The fourth-order valence-corrected chi connectivity index (χ4v) is 3.32. The Morgan fingerprint density at radius 1 is 1.44 bits per heavy atom. The molecule has 130 valence electrons. The normalized spacial score (nSPS) is 15.4. The molecule has 0 saturated carbocycles. The number of thioether (sulfide) groups is 1. The van der Waals surface area contributed by atoms with Gasteiger partial charge in [0, 0.05) is 0 Å². The largest absolute Gasteiger partial charge is 0.480 e. The zero-order valence-corrected chi connectivity index (χ0v) is 15.7. The Morgan fingerprint density at radius 2 is 2.20 bits per heavy atom. The van der Waals surface area contributed by atoms with Crippen LogP contribution in [0.3, 0.4) is 0 Å². The third-order valence-electron chi connectivity index (χ3n) is 3.03. The van der Waals surface area contributed by atoms with Gasteiger partial charge in [-0.3, -0.25) is 19.3 Å². The number of esters is 1. The molecular weight excluding hydrogens is 410 g/mol. The molecule has 1 aromatic carbocycles. The van der Waals surface area contributed by atoms with Gasteiger partial charge >= 0.3 is 5.97 Å². The molecule has 2 rings (SSSR count). The molecule has 1 heterocycles. The maximum Gasteiger partial charge on any atom is 0.326 e. The van der Waals surface area contributed by atoms with Gasteiger partial charge in [0.2, 0.25) is 0 Å². The molecule has 0 aromatic heterocycles. The lowest BCUT2D eigenvalue weighted by atomic mass is 10.2. The molecule has 0 spiro atoms. The summed E-state index contributed by atoms with van der Waals surface area (Å²) in [6.45, 7) is 1.59. The topological polar surface area (TPSA) is 72.9 Å². The Bertz CT molecular complexity index is 784. The van der Waals surface area contributed by atoms with E-state index in [1.165, 1.54) is 0 Å². The first kappa shape index (κ1) is 19.1. The number of benzene rings is 1. The van der Waals surface area contributed by atoms with Gasteiger partial charge in [0.1, 0.15) is 18.9 Å². The standard InChI is InChI=1S/C17H14BrNO5S/c1-3-7-24-13-6-5-11(8-12(13)18)9-14-16(21)19(17(22)25-14)10-15(20)23-4-2/h1,5-6,8-9H,4,7,10H2,2H3/b14-9+. The third-order valence-corrected chi connectivity index (χ3v) is 4.56. The van der Waals surface area contributed by atoms with Crippen molar-refractivity contribution < 1.29 is 23.9 Å². The van der Waals surface area contributed by atoms with Crippen LogP contribution in [-0.2, 0) is 14.3 Å². The van der Waals surface area contributed by atoms with E-state index in [0.29, 0.717) is 15.8 Å². The number of carbonyl (C=O) groups is 3. The minimum absolute atomic E-state index is 0.144. The van der Waals surface area contributed by atoms with Crippen LogP contribution >= 0.6 is 27.7 Å². The number of rotatable bonds is 6. The third kappa shape index (κ3) is 4.87. The molecule has 25 heavy (non-hydrogen) atoms. The molecule has 1 saturated heterocycles. The van der Waals surface area contributed by atoms with E-state index in [-0.39, 0.29) is 18.1 Å². The van der Waals surface area contributed by atoms with E-state index in [0.717, 1.165) is 16.7 Å². The predicted molar refractivity (Wildman–Crippen MR) is 97.8 cm³/mol. The number of halogens is 1. The Morgan fingerprint density at radius 3 is 2.84 bits per heavy atom. The van der Waals surface area contributed by atoms with Crippen molar-refractivity contribution in [3.63, 3.8) is 0 Å². The Hall–Kier alpha value is -2.24. The second-order valence-corrected chi connectivity index (χ2v) is 6.60. The molecule has 1 aliphatic rings. The maximum absolute atomic E-state index is 12.3. The monoisotopic (exact) mass is 423 g/mol. The van der Waals surface area contributed by atoms with Crippen LogP contribution in [0.1, 0.15) is 12.5 Å². The van der Waals surface area contributed by atoms with Crippen LogP contribution in [0.5, 0.6) is 5.75 Å². The van der Waals surface area contributed by atoms with Crippen molar-refractivity contribution in [1.29, 1.82) is 0 Å². The van der Waals surface area contributed by atoms with Crippen molar-refractivity contribution in [2.45, 2.75) is 6.92 Å². The van der Waals surface area contributed by atoms with Gasteiger partial charge in [-0.15, -0.1) is 6.42 Å². The maximum atomic E-state index is 12.3. The molecule has 1 fully saturated rings. The van der Waals surface area contributed by atoms with Gasteiger partial charge in [-0.25, -0.2) is 0 Å². The summed E-state index contributed by atoms with van der Waals surface area (Å²) in [4.78, 5) is 36.8. The van der Waals surface area contributed by atoms with Crippen LogP contribution in [0.25, 0.3) is 6.08 Å². The smallest absolute Gasteiger partial charge is 0.326 e. The van der Waals surface area contributed by atoms with Gasteiger partial charge < -0.3 is 9.47 Å². The van der Waals surface area contributed by atoms with Gasteiger partial charge in [-0.2, -0.15) is 0 Å². The molecule has 2 amide bonds. The number of imide groups is 1. The molecule has 0 atom stereocenters. The zero-order valence-electron chi connectivity index (χ0n) is 13.3. The summed E-state index contributed by atoms with van der Waals surface area (Å²) in [6.07, 6.45) is 6.73. The average Bonchev–Trinajstić information content (AvgIpc) is 2.82. The van der Waals surface area contributed by atoms with Crippen molar-refractivity contribution in [1.82, 2.24) is 4.90 Å². The highest BCUT2D eigenvalue weighted by Crippen LogP contribution is 2.33. The second-order valence-electron chi connectivity index (χ2n) is 4.76. The molecule has 8 heteroatoms. The predicted octanol–water partition coefficient (Wildman–Crippen LogP) is 3.06. The van der Waals surface area contributed by atoms with Gasteiger partial charge in [-0.05, 0) is 58.4 Å². The molecule has 6 nitrogen and oxygen atoms in total. The van der Waals surface area contributed by atoms with E-state index < -0.39 is 23.7 Å². The van der Waals surface area contributed by atoms with Crippen LogP contribution in [0.15, 0.2) is 27.6 Å². The van der Waals surface area contributed by atoms with Gasteiger partial charge in [0.25, 0.3) is 11.1 Å². The number of hydrogen-bond acceptors (Lipinski definition) is 6. The first-order chi connectivity index (χ1) is 12.0. The molecule has 1 aliphatic heterocycles. The highest BCUT2D eigenvalue weighted by molar-refractivity contribution is 9.10. The summed E-state index contributed by atoms with van der Waals surface area (Å²) in [7, 11) is 0. The van der Waals surface area contributed by atoms with E-state index in [1.807, 2.05) is 0 Å². The van der Waals surface area contributed by atoms with Crippen molar-refractivity contribution in [3.05, 3.63) is 33.1 Å². The summed E-state index contributed by atoms with van der Waals surface area (Å²) in [5, 5.41) is -0.502. The summed E-state index contributed by atoms with van der Waals surface area (Å²) < 4.78 is 10.8. The number of ether oxygens (including phenoxy) is 2. The van der Waals surface area contributed by atoms with Crippen molar-refractivity contribution >= 4 is 50.9 Å². The van der Waals surface area contributed by atoms with Crippen LogP contribution in [-0.4, -0.2) is 41.8 Å². The van der Waals surface area contributed by atoms with E-state index in [4.69, 9.17) is 15.9 Å². The summed E-state index contributed by atoms with van der Waals surface area (Å²) >= 11 is 4.14. The SMILES string of the molecule is C#CCOc1ccc(/C=C2/SC(=O)N(CC(=O)OCC)C2=O)cc1Br. The zero-order chi connectivity index (χ0) is 18.4. The molecule has 0 unspecified atom stereocenters. The first-order valence-corrected chi connectivity index (χ1v) is 8.84. The van der Waals surface area contributed by atoms with Crippen LogP contribution < -0.4 is 4.74 Å². The highest BCUT2D eigenvalue weighted by atomic mass is 79.9. The number of terminal acetylenes is 1. The van der Waals surface area contributed by atoms with E-state index in [9.17, 15) is 14.4 Å². The number of nitrogens with zero attached hydrogens (tertiary/aromatic N) is 1. The Balaban J connectivity index is 2.15. The second kappa shape index (κ2) is 8.74. The molecular formula is C17H14BrNO5S. The summed E-state index contributed by atoms with van der Waals surface area (Å²) in [5.74, 6) is 1.80. The fourth-order valence-electron chi connectivity index (χ4n) is 1.97. The van der Waals surface area contributed by atoms with Crippen LogP contribution in [0.4, 0.5) is 4.79 Å². The molecule has 0 bridgehead atoms. The van der Waals surface area contributed by atoms with Gasteiger partial charge in [0.15, 0.2) is 0 Å². The van der Waals surface area contributed by atoms with Gasteiger partial charge in [-0.1, -0.05) is 12.0 Å². The molecule has 0 N–H and O–H groups in total. The highest BCUT2D eigenvalue weighted by Gasteiger charge is 2.36. The van der Waals surface area contributed by atoms with Crippen LogP contribution in [0, 0.1) is 12.3 Å². The van der Waals surface area contributed by atoms with Crippen LogP contribution in [0.2, 0.25) is 0 Å². The van der Waals surface area contributed by atoms with Gasteiger partial charge in [0.05, 0.1) is 16.0 Å². The lowest BCUT2D eigenvalue weighted by molar-refractivity contribution is -0.145. The quantitative estimate of drug-likeness (QED) is 0.397. The van der Waals surface area contributed by atoms with E-state index in [2.05, 4.69) is 21.9 Å². The average molecular weight is 424 g/mol. The number of amides is 2. The molecule has 0 radical (unpaired) electrons. The summed E-state index contributed by atoms with van der Waals surface area (Å²) in [5.41, 5.74) is 0.696. The Kier molecular flexibility index (Phi) is 6.67. The van der Waals surface area contributed by atoms with Crippen molar-refractivity contribution in [2.75, 3.05) is 19.8 Å². The Labute approximate surface area is 157 Å². The lowest BCUT2D eigenvalue weighted by Gasteiger charge is -2.10.